The summed E-state index contributed by atoms with van der Waals surface area (Å²) in [7, 11) is -3.11. The van der Waals surface area contributed by atoms with E-state index in [-0.39, 0.29) is 48.2 Å². The van der Waals surface area contributed by atoms with Gasteiger partial charge in [-0.3, -0.25) is 4.79 Å². The number of hydrogen-bond acceptors (Lipinski definition) is 4. The zero-order chi connectivity index (χ0) is 15.2. The van der Waals surface area contributed by atoms with Crippen LogP contribution in [-0.4, -0.2) is 56.4 Å². The normalized spacial score (nSPS) is 18.6. The van der Waals surface area contributed by atoms with E-state index in [1.54, 1.807) is 0 Å². The standard InChI is InChI=1S/C14H28N2O3S.ClH/c1-4-8-16(13-5-7-15-10-13)14(17)6-9-20(18,19)11-12(2)3;/h12-13,15H,4-11H2,1-3H3;1H. The molecule has 1 atom stereocenters. The molecule has 0 aromatic carbocycles. The van der Waals surface area contributed by atoms with Crippen LogP contribution >= 0.6 is 12.4 Å². The first-order chi connectivity index (χ1) is 9.35. The van der Waals surface area contributed by atoms with Crippen LogP contribution in [0.25, 0.3) is 0 Å². The molecule has 1 rings (SSSR count). The maximum absolute atomic E-state index is 12.3. The minimum atomic E-state index is -3.11. The molecule has 0 saturated carbocycles. The van der Waals surface area contributed by atoms with Crippen LogP contribution in [0.3, 0.4) is 0 Å². The van der Waals surface area contributed by atoms with Crippen molar-refractivity contribution in [2.75, 3.05) is 31.1 Å². The molecular weight excluding hydrogens is 312 g/mol. The Morgan fingerprint density at radius 2 is 2.05 bits per heavy atom. The molecule has 0 aliphatic carbocycles. The summed E-state index contributed by atoms with van der Waals surface area (Å²) >= 11 is 0. The van der Waals surface area contributed by atoms with E-state index >= 15 is 0 Å². The summed E-state index contributed by atoms with van der Waals surface area (Å²) in [4.78, 5) is 14.2. The van der Waals surface area contributed by atoms with E-state index in [0.717, 1.165) is 32.5 Å². The van der Waals surface area contributed by atoms with E-state index in [1.807, 2.05) is 25.7 Å². The number of hydrogen-bond donors (Lipinski definition) is 1. The van der Waals surface area contributed by atoms with Crippen molar-refractivity contribution < 1.29 is 13.2 Å². The van der Waals surface area contributed by atoms with Gasteiger partial charge in [0.2, 0.25) is 5.91 Å². The molecule has 0 spiro atoms. The van der Waals surface area contributed by atoms with Crippen molar-refractivity contribution in [3.63, 3.8) is 0 Å². The predicted octanol–water partition coefficient (Wildman–Crippen LogP) is 1.47. The zero-order valence-corrected chi connectivity index (χ0v) is 14.9. The Kier molecular flexibility index (Phi) is 9.49. The Balaban J connectivity index is 0.00000400. The predicted molar refractivity (Wildman–Crippen MR) is 88.6 cm³/mol. The van der Waals surface area contributed by atoms with Crippen LogP contribution < -0.4 is 5.32 Å². The van der Waals surface area contributed by atoms with Gasteiger partial charge in [-0.05, 0) is 25.3 Å². The van der Waals surface area contributed by atoms with Crippen molar-refractivity contribution in [2.24, 2.45) is 5.92 Å². The highest BCUT2D eigenvalue weighted by Gasteiger charge is 2.26. The van der Waals surface area contributed by atoms with E-state index in [4.69, 9.17) is 0 Å². The highest BCUT2D eigenvalue weighted by molar-refractivity contribution is 7.91. The first-order valence-corrected chi connectivity index (χ1v) is 9.38. The molecular formula is C14H29ClN2O3S. The molecule has 1 aliphatic heterocycles. The van der Waals surface area contributed by atoms with Gasteiger partial charge in [0.05, 0.1) is 11.5 Å². The third kappa shape index (κ3) is 7.47. The van der Waals surface area contributed by atoms with Crippen molar-refractivity contribution >= 4 is 28.2 Å². The van der Waals surface area contributed by atoms with Crippen molar-refractivity contribution in [3.8, 4) is 0 Å². The number of nitrogens with one attached hydrogen (secondary N) is 1. The highest BCUT2D eigenvalue weighted by Crippen LogP contribution is 2.12. The van der Waals surface area contributed by atoms with Crippen molar-refractivity contribution in [3.05, 3.63) is 0 Å². The fourth-order valence-corrected chi connectivity index (χ4v) is 4.30. The SMILES string of the molecule is CCCN(C(=O)CCS(=O)(=O)CC(C)C)C1CCNC1.Cl. The van der Waals surface area contributed by atoms with E-state index in [9.17, 15) is 13.2 Å². The van der Waals surface area contributed by atoms with Gasteiger partial charge in [0.25, 0.3) is 0 Å². The van der Waals surface area contributed by atoms with Gasteiger partial charge in [0.1, 0.15) is 0 Å². The Labute approximate surface area is 135 Å². The van der Waals surface area contributed by atoms with Crippen LogP contribution in [0.1, 0.15) is 40.0 Å². The second-order valence-electron chi connectivity index (χ2n) is 5.99. The second-order valence-corrected chi connectivity index (χ2v) is 8.22. The van der Waals surface area contributed by atoms with Gasteiger partial charge < -0.3 is 10.2 Å². The lowest BCUT2D eigenvalue weighted by Crippen LogP contribution is -2.42. The average Bonchev–Trinajstić information content (AvgIpc) is 2.85. The van der Waals surface area contributed by atoms with Crippen LogP contribution in [0, 0.1) is 5.92 Å². The number of amides is 1. The first kappa shape index (κ1) is 20.7. The molecule has 1 amide bonds. The molecule has 7 heteroatoms. The lowest BCUT2D eigenvalue weighted by atomic mass is 10.2. The molecule has 126 valence electrons. The number of halogens is 1. The van der Waals surface area contributed by atoms with Crippen molar-refractivity contribution in [1.29, 1.82) is 0 Å². The molecule has 5 nitrogen and oxygen atoms in total. The Morgan fingerprint density at radius 3 is 2.52 bits per heavy atom. The van der Waals surface area contributed by atoms with E-state index in [0.29, 0.717) is 0 Å². The molecule has 1 heterocycles. The van der Waals surface area contributed by atoms with Gasteiger partial charge in [-0.2, -0.15) is 0 Å². The van der Waals surface area contributed by atoms with Crippen LogP contribution in [0.5, 0.6) is 0 Å². The van der Waals surface area contributed by atoms with Gasteiger partial charge in [0.15, 0.2) is 9.84 Å². The third-order valence-corrected chi connectivity index (χ3v) is 5.47. The van der Waals surface area contributed by atoms with Gasteiger partial charge >= 0.3 is 0 Å². The lowest BCUT2D eigenvalue weighted by Gasteiger charge is -2.28. The van der Waals surface area contributed by atoms with Gasteiger partial charge in [0, 0.05) is 25.6 Å². The number of nitrogens with zero attached hydrogens (tertiary/aromatic N) is 1. The minimum absolute atomic E-state index is 0. The summed E-state index contributed by atoms with van der Waals surface area (Å²) in [5, 5.41) is 3.25. The van der Waals surface area contributed by atoms with E-state index < -0.39 is 9.84 Å². The fourth-order valence-electron chi connectivity index (χ4n) is 2.63. The number of rotatable bonds is 8. The van der Waals surface area contributed by atoms with Crippen LogP contribution in [0.15, 0.2) is 0 Å². The largest absolute Gasteiger partial charge is 0.338 e. The zero-order valence-electron chi connectivity index (χ0n) is 13.3. The molecule has 1 unspecified atom stereocenters. The van der Waals surface area contributed by atoms with Gasteiger partial charge in [-0.15, -0.1) is 12.4 Å². The molecule has 0 aromatic heterocycles. The molecule has 21 heavy (non-hydrogen) atoms. The van der Waals surface area contributed by atoms with E-state index in [1.165, 1.54) is 0 Å². The monoisotopic (exact) mass is 340 g/mol. The Bertz CT molecular complexity index is 406. The van der Waals surface area contributed by atoms with Crippen molar-refractivity contribution in [2.45, 2.75) is 46.1 Å². The summed E-state index contributed by atoms with van der Waals surface area (Å²) in [5.74, 6) is 0.234. The highest BCUT2D eigenvalue weighted by atomic mass is 35.5. The lowest BCUT2D eigenvalue weighted by molar-refractivity contribution is -0.132. The Hall–Kier alpha value is -0.330. The summed E-state index contributed by atoms with van der Waals surface area (Å²) in [6.45, 7) is 8.28. The molecule has 1 aliphatic rings. The fraction of sp³-hybridized carbons (Fsp3) is 0.929. The molecule has 0 bridgehead atoms. The number of carbonyl (C=O) groups is 1. The van der Waals surface area contributed by atoms with Crippen LogP contribution in [0.4, 0.5) is 0 Å². The second kappa shape index (κ2) is 9.64. The average molecular weight is 341 g/mol. The molecule has 1 saturated heterocycles. The minimum Gasteiger partial charge on any atom is -0.338 e. The van der Waals surface area contributed by atoms with Gasteiger partial charge in [-0.25, -0.2) is 8.42 Å². The number of carbonyl (C=O) groups excluding carboxylic acids is 1. The molecule has 1 N–H and O–H groups in total. The molecule has 0 aromatic rings. The smallest absolute Gasteiger partial charge is 0.223 e. The summed E-state index contributed by atoms with van der Waals surface area (Å²) in [5.41, 5.74) is 0. The summed E-state index contributed by atoms with van der Waals surface area (Å²) < 4.78 is 23.7. The first-order valence-electron chi connectivity index (χ1n) is 7.56. The van der Waals surface area contributed by atoms with Crippen molar-refractivity contribution in [1.82, 2.24) is 10.2 Å². The maximum Gasteiger partial charge on any atom is 0.223 e. The van der Waals surface area contributed by atoms with E-state index in [2.05, 4.69) is 5.32 Å². The molecule has 1 fully saturated rings. The third-order valence-electron chi connectivity index (χ3n) is 3.47. The summed E-state index contributed by atoms with van der Waals surface area (Å²) in [6.07, 6.45) is 1.98. The number of sulfone groups is 1. The van der Waals surface area contributed by atoms with Crippen LogP contribution in [-0.2, 0) is 14.6 Å². The topological polar surface area (TPSA) is 66.5 Å². The summed E-state index contributed by atoms with van der Waals surface area (Å²) in [6, 6.07) is 0.232. The Morgan fingerprint density at radius 1 is 1.38 bits per heavy atom. The molecule has 0 radical (unpaired) electrons. The maximum atomic E-state index is 12.3. The van der Waals surface area contributed by atoms with Gasteiger partial charge in [-0.1, -0.05) is 20.8 Å². The van der Waals surface area contributed by atoms with Crippen LogP contribution in [0.2, 0.25) is 0 Å². The quantitative estimate of drug-likeness (QED) is 0.726.